The number of nitrogens with zero attached hydrogens (tertiary/aromatic N) is 4. The van der Waals surface area contributed by atoms with Gasteiger partial charge in [0, 0.05) is 43.1 Å². The molecule has 4 rings (SSSR count). The summed E-state index contributed by atoms with van der Waals surface area (Å²) in [7, 11) is 0. The van der Waals surface area contributed by atoms with Crippen LogP contribution in [-0.2, 0) is 4.79 Å². The number of carbonyl (C=O) groups excluding carboxylic acids is 3. The SMILES string of the molecule is Cc1cc(C)c(N2CCN(C(=O)c3ccc(N4C(=O)NC(=O)C4C)cc3)CC2)nc1C. The molecule has 4 amide bonds. The van der Waals surface area contributed by atoms with Crippen LogP contribution in [0.25, 0.3) is 0 Å². The Morgan fingerprint density at radius 1 is 1.00 bits per heavy atom. The molecule has 2 saturated heterocycles. The number of hydrogen-bond donors (Lipinski definition) is 1. The van der Waals surface area contributed by atoms with E-state index in [-0.39, 0.29) is 11.8 Å². The number of imide groups is 1. The molecule has 1 N–H and O–H groups in total. The molecule has 0 spiro atoms. The third kappa shape index (κ3) is 3.85. The van der Waals surface area contributed by atoms with Crippen molar-refractivity contribution in [1.82, 2.24) is 15.2 Å². The number of hydrogen-bond acceptors (Lipinski definition) is 5. The Morgan fingerprint density at radius 2 is 1.65 bits per heavy atom. The van der Waals surface area contributed by atoms with Crippen molar-refractivity contribution in [2.75, 3.05) is 36.0 Å². The Morgan fingerprint density at radius 3 is 2.23 bits per heavy atom. The van der Waals surface area contributed by atoms with Crippen molar-refractivity contribution in [2.45, 2.75) is 33.7 Å². The molecule has 8 nitrogen and oxygen atoms in total. The molecule has 0 radical (unpaired) electrons. The van der Waals surface area contributed by atoms with Crippen molar-refractivity contribution in [1.29, 1.82) is 0 Å². The van der Waals surface area contributed by atoms with Gasteiger partial charge < -0.3 is 9.80 Å². The first-order chi connectivity index (χ1) is 14.8. The van der Waals surface area contributed by atoms with Crippen LogP contribution < -0.4 is 15.1 Å². The zero-order valence-electron chi connectivity index (χ0n) is 18.3. The highest BCUT2D eigenvalue weighted by Crippen LogP contribution is 2.24. The van der Waals surface area contributed by atoms with Crippen molar-refractivity contribution in [3.63, 3.8) is 0 Å². The zero-order valence-corrected chi connectivity index (χ0v) is 18.3. The fourth-order valence-corrected chi connectivity index (χ4v) is 4.12. The average molecular weight is 422 g/mol. The van der Waals surface area contributed by atoms with Gasteiger partial charge in [0.05, 0.1) is 0 Å². The lowest BCUT2D eigenvalue weighted by molar-refractivity contribution is -0.119. The predicted octanol–water partition coefficient (Wildman–Crippen LogP) is 2.41. The van der Waals surface area contributed by atoms with E-state index in [1.54, 1.807) is 31.2 Å². The molecule has 1 aromatic heterocycles. The minimum Gasteiger partial charge on any atom is -0.353 e. The lowest BCUT2D eigenvalue weighted by atomic mass is 10.1. The average Bonchev–Trinajstić information content (AvgIpc) is 3.02. The Labute approximate surface area is 181 Å². The zero-order chi connectivity index (χ0) is 22.3. The van der Waals surface area contributed by atoms with Crippen molar-refractivity contribution in [3.8, 4) is 0 Å². The van der Waals surface area contributed by atoms with Crippen molar-refractivity contribution in [2.24, 2.45) is 0 Å². The third-order valence-corrected chi connectivity index (χ3v) is 6.10. The van der Waals surface area contributed by atoms with Crippen molar-refractivity contribution < 1.29 is 14.4 Å². The van der Waals surface area contributed by atoms with Crippen LogP contribution in [0.4, 0.5) is 16.3 Å². The van der Waals surface area contributed by atoms with Gasteiger partial charge in [-0.15, -0.1) is 0 Å². The van der Waals surface area contributed by atoms with Gasteiger partial charge in [-0.05, 0) is 63.1 Å². The Kier molecular flexibility index (Phi) is 5.39. The minimum absolute atomic E-state index is 0.0361. The second-order valence-electron chi connectivity index (χ2n) is 8.20. The first-order valence-corrected chi connectivity index (χ1v) is 10.5. The number of amides is 4. The number of pyridine rings is 1. The van der Waals surface area contributed by atoms with E-state index in [9.17, 15) is 14.4 Å². The molecule has 1 atom stereocenters. The maximum Gasteiger partial charge on any atom is 0.329 e. The highest BCUT2D eigenvalue weighted by Gasteiger charge is 2.36. The molecule has 31 heavy (non-hydrogen) atoms. The first-order valence-electron chi connectivity index (χ1n) is 10.5. The summed E-state index contributed by atoms with van der Waals surface area (Å²) in [6.07, 6.45) is 0. The summed E-state index contributed by atoms with van der Waals surface area (Å²) in [6.45, 7) is 10.5. The number of aromatic nitrogens is 1. The van der Waals surface area contributed by atoms with Crippen LogP contribution >= 0.6 is 0 Å². The molecule has 2 aromatic rings. The Hall–Kier alpha value is -3.42. The Balaban J connectivity index is 1.42. The summed E-state index contributed by atoms with van der Waals surface area (Å²) < 4.78 is 0. The molecular weight excluding hydrogens is 394 g/mol. The second-order valence-corrected chi connectivity index (χ2v) is 8.20. The third-order valence-electron chi connectivity index (χ3n) is 6.10. The van der Waals surface area contributed by atoms with E-state index in [2.05, 4.69) is 30.1 Å². The molecule has 1 unspecified atom stereocenters. The second kappa shape index (κ2) is 8.02. The van der Waals surface area contributed by atoms with Gasteiger partial charge in [0.1, 0.15) is 11.9 Å². The van der Waals surface area contributed by atoms with Crippen LogP contribution in [0.15, 0.2) is 30.3 Å². The number of nitrogens with one attached hydrogen (secondary N) is 1. The molecule has 3 heterocycles. The number of benzene rings is 1. The lowest BCUT2D eigenvalue weighted by Gasteiger charge is -2.36. The molecule has 162 valence electrons. The van der Waals surface area contributed by atoms with Gasteiger partial charge in [-0.3, -0.25) is 19.8 Å². The number of urea groups is 1. The molecule has 2 aliphatic rings. The van der Waals surface area contributed by atoms with E-state index in [1.165, 1.54) is 10.5 Å². The standard InChI is InChI=1S/C23H27N5O3/c1-14-13-15(2)20(24-16(14)3)26-9-11-27(12-10-26)22(30)18-5-7-19(8-6-18)28-17(4)21(29)25-23(28)31/h5-8,13,17H,9-12H2,1-4H3,(H,25,29,31). The van der Waals surface area contributed by atoms with Gasteiger partial charge in [-0.2, -0.15) is 0 Å². The van der Waals surface area contributed by atoms with Crippen LogP contribution in [-0.4, -0.2) is 60.0 Å². The number of carbonyl (C=O) groups is 3. The Bertz CT molecular complexity index is 1040. The van der Waals surface area contributed by atoms with E-state index in [0.717, 1.165) is 30.2 Å². The van der Waals surface area contributed by atoms with Crippen LogP contribution in [0.2, 0.25) is 0 Å². The van der Waals surface area contributed by atoms with Crippen molar-refractivity contribution in [3.05, 3.63) is 52.7 Å². The monoisotopic (exact) mass is 421 g/mol. The van der Waals surface area contributed by atoms with Crippen LogP contribution in [0.5, 0.6) is 0 Å². The molecule has 8 heteroatoms. The van der Waals surface area contributed by atoms with Gasteiger partial charge in [0.15, 0.2) is 0 Å². The van der Waals surface area contributed by atoms with Gasteiger partial charge in [0.25, 0.3) is 11.8 Å². The van der Waals surface area contributed by atoms with E-state index >= 15 is 0 Å². The summed E-state index contributed by atoms with van der Waals surface area (Å²) in [5.74, 6) is 0.634. The maximum absolute atomic E-state index is 13.0. The van der Waals surface area contributed by atoms with E-state index < -0.39 is 12.1 Å². The molecule has 0 aliphatic carbocycles. The highest BCUT2D eigenvalue weighted by atomic mass is 16.2. The number of aryl methyl sites for hydroxylation is 3. The first kappa shape index (κ1) is 20.8. The normalized spacial score (nSPS) is 19.1. The van der Waals surface area contributed by atoms with Gasteiger partial charge in [-0.1, -0.05) is 6.07 Å². The highest BCUT2D eigenvalue weighted by molar-refractivity contribution is 6.14. The molecule has 2 aliphatic heterocycles. The molecule has 0 bridgehead atoms. The summed E-state index contributed by atoms with van der Waals surface area (Å²) in [5.41, 5.74) is 4.52. The largest absolute Gasteiger partial charge is 0.353 e. The smallest absolute Gasteiger partial charge is 0.329 e. The summed E-state index contributed by atoms with van der Waals surface area (Å²) in [4.78, 5) is 46.9. The fraction of sp³-hybridized carbons (Fsp3) is 0.391. The van der Waals surface area contributed by atoms with Gasteiger partial charge in [0.2, 0.25) is 0 Å². The molecular formula is C23H27N5O3. The van der Waals surface area contributed by atoms with Gasteiger partial charge in [-0.25, -0.2) is 9.78 Å². The van der Waals surface area contributed by atoms with Crippen LogP contribution in [0, 0.1) is 20.8 Å². The molecule has 2 fully saturated rings. The topological polar surface area (TPSA) is 85.9 Å². The van der Waals surface area contributed by atoms with E-state index in [4.69, 9.17) is 4.98 Å². The van der Waals surface area contributed by atoms with Crippen LogP contribution in [0.1, 0.15) is 34.1 Å². The predicted molar refractivity (Wildman–Crippen MR) is 118 cm³/mol. The lowest BCUT2D eigenvalue weighted by Crippen LogP contribution is -2.49. The summed E-state index contributed by atoms with van der Waals surface area (Å²) >= 11 is 0. The summed E-state index contributed by atoms with van der Waals surface area (Å²) in [5, 5.41) is 2.30. The molecule has 1 aromatic carbocycles. The van der Waals surface area contributed by atoms with Gasteiger partial charge >= 0.3 is 6.03 Å². The number of rotatable bonds is 3. The van der Waals surface area contributed by atoms with Crippen molar-refractivity contribution >= 4 is 29.4 Å². The number of piperazine rings is 1. The van der Waals surface area contributed by atoms with Crippen LogP contribution in [0.3, 0.4) is 0 Å². The maximum atomic E-state index is 13.0. The number of anilines is 2. The minimum atomic E-state index is -0.565. The van der Waals surface area contributed by atoms with E-state index in [1.807, 2.05) is 11.8 Å². The summed E-state index contributed by atoms with van der Waals surface area (Å²) in [6, 6.07) is 7.99. The quantitative estimate of drug-likeness (QED) is 0.770. The fourth-order valence-electron chi connectivity index (χ4n) is 4.12. The van der Waals surface area contributed by atoms with E-state index in [0.29, 0.717) is 24.3 Å². The molecule has 0 saturated carbocycles.